The number of hydrogen-bond donors (Lipinski definition) is 0. The van der Waals surface area contributed by atoms with Crippen LogP contribution in [0.2, 0.25) is 0 Å². The van der Waals surface area contributed by atoms with E-state index in [1.54, 1.807) is 0 Å². The molecule has 0 unspecified atom stereocenters. The highest BCUT2D eigenvalue weighted by Crippen LogP contribution is 2.49. The van der Waals surface area contributed by atoms with Gasteiger partial charge in [0.1, 0.15) is 0 Å². The molecule has 0 saturated carbocycles. The Bertz CT molecular complexity index is 9080. The third-order valence-corrected chi connectivity index (χ3v) is 28.1. The maximum atomic E-state index is 2.42. The number of para-hydroxylation sites is 2. The molecule has 0 aliphatic heterocycles. The topological polar surface area (TPSA) is 9.72 Å². The summed E-state index contributed by atoms with van der Waals surface area (Å²) in [6.07, 6.45) is 0. The molecular weight excluding hydrogens is 1750 g/mol. The van der Waals surface area contributed by atoms with Gasteiger partial charge in [-0.2, -0.15) is 0 Å². The molecule has 0 radical (unpaired) electrons. The average Bonchev–Trinajstić information content (AvgIpc) is 0.752. The Morgan fingerprint density at radius 3 is 0.697 bits per heavy atom. The van der Waals surface area contributed by atoms with Crippen LogP contribution in [0.15, 0.2) is 601 Å². The van der Waals surface area contributed by atoms with E-state index >= 15 is 0 Å². The highest BCUT2D eigenvalue weighted by atomic mass is 15.2. The Morgan fingerprint density at radius 2 is 0.310 bits per heavy atom. The van der Waals surface area contributed by atoms with Crippen LogP contribution < -0.4 is 14.7 Å². The minimum absolute atomic E-state index is 1.11. The Hall–Kier alpha value is -19.1. The second-order valence-corrected chi connectivity index (χ2v) is 36.9. The molecule has 26 rings (SSSR count). The lowest BCUT2D eigenvalue weighted by atomic mass is 9.93. The van der Waals surface area contributed by atoms with E-state index in [-0.39, 0.29) is 0 Å². The van der Waals surface area contributed by atoms with E-state index in [9.17, 15) is 0 Å². The minimum atomic E-state index is 1.11. The Balaban J connectivity index is 0.000000117. The fraction of sp³-hybridized carbons (Fsp3) is 0. The number of rotatable bonds is 19. The predicted octanol–water partition coefficient (Wildman–Crippen LogP) is 40.2. The maximum Gasteiger partial charge on any atom is 0.0546 e. The van der Waals surface area contributed by atoms with Gasteiger partial charge in [-0.3, -0.25) is 0 Å². The number of anilines is 9. The van der Waals surface area contributed by atoms with Crippen molar-refractivity contribution in [2.45, 2.75) is 0 Å². The third-order valence-electron chi connectivity index (χ3n) is 28.1. The van der Waals surface area contributed by atoms with Crippen molar-refractivity contribution in [2.75, 3.05) is 14.7 Å². The van der Waals surface area contributed by atoms with Crippen LogP contribution in [-0.2, 0) is 0 Å². The van der Waals surface area contributed by atoms with Gasteiger partial charge in [0.25, 0.3) is 0 Å². The molecule has 682 valence electrons. The van der Waals surface area contributed by atoms with Crippen molar-refractivity contribution < 1.29 is 0 Å². The summed E-state index contributed by atoms with van der Waals surface area (Å²) >= 11 is 0. The van der Waals surface area contributed by atoms with Gasteiger partial charge in [-0.05, 0) is 309 Å². The molecule has 0 N–H and O–H groups in total. The van der Waals surface area contributed by atoms with Crippen molar-refractivity contribution in [3.63, 3.8) is 0 Å². The summed E-state index contributed by atoms with van der Waals surface area (Å²) in [5.74, 6) is 0. The molecule has 0 spiro atoms. The summed E-state index contributed by atoms with van der Waals surface area (Å²) in [4.78, 5) is 7.11. The first-order chi connectivity index (χ1) is 71.9. The Morgan fingerprint density at radius 1 is 0.0897 bits per heavy atom. The van der Waals surface area contributed by atoms with E-state index < -0.39 is 0 Å². The summed E-state index contributed by atoms with van der Waals surface area (Å²) in [5.41, 5.74) is 34.5. The van der Waals surface area contributed by atoms with E-state index in [1.807, 2.05) is 0 Å². The Kier molecular flexibility index (Phi) is 24.7. The fourth-order valence-electron chi connectivity index (χ4n) is 21.0. The molecule has 3 heteroatoms. The summed E-state index contributed by atoms with van der Waals surface area (Å²) < 4.78 is 0. The molecule has 145 heavy (non-hydrogen) atoms. The third kappa shape index (κ3) is 18.3. The Labute approximate surface area is 847 Å². The molecule has 0 bridgehead atoms. The van der Waals surface area contributed by atoms with E-state index in [4.69, 9.17) is 0 Å². The second-order valence-electron chi connectivity index (χ2n) is 36.9. The van der Waals surface area contributed by atoms with Gasteiger partial charge in [0.15, 0.2) is 0 Å². The highest BCUT2D eigenvalue weighted by molar-refractivity contribution is 6.15. The van der Waals surface area contributed by atoms with Crippen molar-refractivity contribution in [1.29, 1.82) is 0 Å². The van der Waals surface area contributed by atoms with Crippen molar-refractivity contribution in [3.8, 4) is 111 Å². The largest absolute Gasteiger partial charge is 0.311 e. The van der Waals surface area contributed by atoms with E-state index in [0.29, 0.717) is 0 Å². The number of hydrogen-bond acceptors (Lipinski definition) is 3. The molecule has 0 aromatic heterocycles. The number of fused-ring (bicyclic) bond motifs is 8. The first-order valence-electron chi connectivity index (χ1n) is 49.8. The lowest BCUT2D eigenvalue weighted by Gasteiger charge is -2.28. The molecule has 0 fully saturated rings. The lowest BCUT2D eigenvalue weighted by molar-refractivity contribution is 1.28. The highest BCUT2D eigenvalue weighted by Gasteiger charge is 2.24. The summed E-state index contributed by atoms with van der Waals surface area (Å²) in [7, 11) is 0. The van der Waals surface area contributed by atoms with Crippen LogP contribution in [-0.4, -0.2) is 0 Å². The van der Waals surface area contributed by atoms with Crippen LogP contribution in [0.1, 0.15) is 0 Å². The smallest absolute Gasteiger partial charge is 0.0546 e. The van der Waals surface area contributed by atoms with Crippen molar-refractivity contribution in [3.05, 3.63) is 601 Å². The summed E-state index contributed by atoms with van der Waals surface area (Å²) in [5, 5.41) is 17.5. The molecule has 0 atom stereocenters. The maximum absolute atomic E-state index is 2.42. The summed E-state index contributed by atoms with van der Waals surface area (Å²) in [6, 6.07) is 217. The second kappa shape index (κ2) is 40.4. The zero-order chi connectivity index (χ0) is 96.6. The van der Waals surface area contributed by atoms with E-state index in [0.717, 1.165) is 51.2 Å². The van der Waals surface area contributed by atoms with Crippen LogP contribution in [0.5, 0.6) is 0 Å². The van der Waals surface area contributed by atoms with Gasteiger partial charge in [-0.25, -0.2) is 0 Å². The predicted molar refractivity (Wildman–Crippen MR) is 620 cm³/mol. The molecular formula is C142H99N3. The average molecular weight is 1850 g/mol. The van der Waals surface area contributed by atoms with Gasteiger partial charge >= 0.3 is 0 Å². The zero-order valence-electron chi connectivity index (χ0n) is 80.0. The van der Waals surface area contributed by atoms with Crippen molar-refractivity contribution >= 4 is 127 Å². The zero-order valence-corrected chi connectivity index (χ0v) is 80.0. The molecule has 0 saturated heterocycles. The number of nitrogens with zero attached hydrogens (tertiary/aromatic N) is 3. The molecule has 26 aromatic rings. The molecule has 26 aromatic carbocycles. The SMILES string of the molecule is c1ccc(-c2cc(-c3ccc(N(c4ccc(-c5cccc6ccccc56)cc4)c4cc5ccccc5c5ccccc45)cc3)cc3ccccc23)cc1.c1ccc(-c2cc(-c3ccc(N(c4ccccc4)c4ccc(-c5ccccc5)c5ccccc45)cc3)cc3ccccc23)cc1.c1ccc(-c2ccc(-c3ccc(N(c4ccccc4)c4ccc(-c5cc(-c6ccccc6)c6ccccc6c5)cc4)cc3)cc2)cc1. The normalized spacial score (nSPS) is 11.2. The van der Waals surface area contributed by atoms with Crippen molar-refractivity contribution in [1.82, 2.24) is 0 Å². The fourth-order valence-corrected chi connectivity index (χ4v) is 21.0. The minimum Gasteiger partial charge on any atom is -0.311 e. The molecule has 3 nitrogen and oxygen atoms in total. The molecule has 0 aliphatic carbocycles. The standard InChI is InChI=1S/C52H35N.C46H33N.C44H31N/c1-2-13-38(14-3-1)51-34-42(33-40-16-5-9-21-48(40)51)36-25-29-43(30-26-36)53(52-35-41-17-6-8-20-47(41)49-22-10-11-23-50(49)52)44-31-27-39(28-32-44)46-24-12-18-37-15-4-7-19-45(37)46;1-4-12-34(13-5-1)35-20-22-36(23-21-35)37-24-28-43(29-25-37)47(42-17-8-3-9-18-42)44-30-26-38(27-31-44)41-32-40-16-10-11-19-45(40)46(33-41)39-14-6-2-7-15-39;1-4-14-33(15-5-1)40-28-29-44(42-23-13-12-22-41(40)42)45(37-19-8-3-9-20-37)38-26-24-32(25-27-38)36-30-35-18-10-11-21-39(35)43(31-36)34-16-6-2-7-17-34/h1-35H;1-33H;1-31H. The van der Waals surface area contributed by atoms with Crippen LogP contribution in [0, 0.1) is 0 Å². The number of benzene rings is 26. The molecule has 0 aliphatic rings. The quantitative estimate of drug-likeness (QED) is 0.0747. The molecule has 0 heterocycles. The lowest BCUT2D eigenvalue weighted by Crippen LogP contribution is -2.10. The van der Waals surface area contributed by atoms with Crippen molar-refractivity contribution in [2.24, 2.45) is 0 Å². The first kappa shape index (κ1) is 88.6. The van der Waals surface area contributed by atoms with E-state index in [2.05, 4.69) is 615 Å². The first-order valence-corrected chi connectivity index (χ1v) is 49.8. The summed E-state index contributed by atoms with van der Waals surface area (Å²) in [6.45, 7) is 0. The van der Waals surface area contributed by atoms with Crippen LogP contribution in [0.3, 0.4) is 0 Å². The van der Waals surface area contributed by atoms with Gasteiger partial charge in [-0.1, -0.05) is 467 Å². The van der Waals surface area contributed by atoms with Crippen LogP contribution in [0.4, 0.5) is 51.2 Å². The van der Waals surface area contributed by atoms with Gasteiger partial charge in [0.05, 0.1) is 11.4 Å². The monoisotopic (exact) mass is 1850 g/mol. The van der Waals surface area contributed by atoms with E-state index in [1.165, 1.54) is 187 Å². The van der Waals surface area contributed by atoms with Gasteiger partial charge in [-0.15, -0.1) is 0 Å². The molecule has 0 amide bonds. The van der Waals surface area contributed by atoms with Gasteiger partial charge in [0, 0.05) is 50.6 Å². The van der Waals surface area contributed by atoms with Crippen LogP contribution >= 0.6 is 0 Å². The van der Waals surface area contributed by atoms with Gasteiger partial charge in [0.2, 0.25) is 0 Å². The van der Waals surface area contributed by atoms with Gasteiger partial charge < -0.3 is 14.7 Å². The van der Waals surface area contributed by atoms with Crippen LogP contribution in [0.25, 0.3) is 187 Å².